The predicted molar refractivity (Wildman–Crippen MR) is 105 cm³/mol. The van der Waals surface area contributed by atoms with Gasteiger partial charge in [0.1, 0.15) is 5.82 Å². The number of benzene rings is 2. The van der Waals surface area contributed by atoms with E-state index in [9.17, 15) is 9.59 Å². The van der Waals surface area contributed by atoms with Gasteiger partial charge in [0.2, 0.25) is 5.91 Å². The molecule has 0 aliphatic carbocycles. The van der Waals surface area contributed by atoms with Gasteiger partial charge in [0.05, 0.1) is 29.4 Å². The van der Waals surface area contributed by atoms with Crippen molar-refractivity contribution in [3.05, 3.63) is 82.5 Å². The molecule has 0 saturated carbocycles. The maximum absolute atomic E-state index is 12.2. The van der Waals surface area contributed by atoms with Crippen LogP contribution in [0, 0.1) is 6.92 Å². The van der Waals surface area contributed by atoms with Crippen LogP contribution < -0.4 is 10.6 Å². The van der Waals surface area contributed by atoms with E-state index in [2.05, 4.69) is 15.7 Å². The Kier molecular flexibility index (Phi) is 5.88. The number of aryl methyl sites for hydroxylation is 1. The molecule has 27 heavy (non-hydrogen) atoms. The summed E-state index contributed by atoms with van der Waals surface area (Å²) in [4.78, 5) is 24.4. The summed E-state index contributed by atoms with van der Waals surface area (Å²) in [7, 11) is 0. The number of hydrogen-bond donors (Lipinski definition) is 2. The molecular formula is C20H19ClN4O2. The molecule has 7 heteroatoms. The Balaban J connectivity index is 1.61. The van der Waals surface area contributed by atoms with E-state index in [0.717, 1.165) is 11.3 Å². The molecule has 1 aromatic heterocycles. The smallest absolute Gasteiger partial charge is 0.253 e. The van der Waals surface area contributed by atoms with Crippen molar-refractivity contribution in [2.24, 2.45) is 0 Å². The minimum absolute atomic E-state index is 0.167. The number of nitrogens with zero attached hydrogens (tertiary/aromatic N) is 2. The van der Waals surface area contributed by atoms with E-state index in [1.807, 2.05) is 37.3 Å². The molecule has 2 N–H and O–H groups in total. The highest BCUT2D eigenvalue weighted by Gasteiger charge is 2.13. The molecule has 3 rings (SSSR count). The lowest BCUT2D eigenvalue weighted by molar-refractivity contribution is -0.115. The van der Waals surface area contributed by atoms with Crippen molar-refractivity contribution < 1.29 is 9.59 Å². The monoisotopic (exact) mass is 382 g/mol. The molecule has 1 heterocycles. The zero-order chi connectivity index (χ0) is 19.2. The molecule has 0 spiro atoms. The number of halogens is 1. The standard InChI is InChI=1S/C20H19ClN4O2/c1-14-11-18(25(24-14)13-15-7-3-2-4-8-15)23-19(26)12-22-20(27)16-9-5-6-10-17(16)21/h2-11H,12-13H2,1H3,(H,22,27)(H,23,26). The normalized spacial score (nSPS) is 10.4. The molecular weight excluding hydrogens is 364 g/mol. The number of amides is 2. The third-order valence-corrected chi connectivity index (χ3v) is 4.20. The van der Waals surface area contributed by atoms with Gasteiger partial charge in [-0.3, -0.25) is 9.59 Å². The van der Waals surface area contributed by atoms with E-state index in [1.54, 1.807) is 35.0 Å². The molecule has 2 amide bonds. The second-order valence-corrected chi connectivity index (χ2v) is 6.43. The third kappa shape index (κ3) is 4.95. The first kappa shape index (κ1) is 18.7. The summed E-state index contributed by atoms with van der Waals surface area (Å²) in [6.07, 6.45) is 0. The third-order valence-electron chi connectivity index (χ3n) is 3.87. The second kappa shape index (κ2) is 8.51. The highest BCUT2D eigenvalue weighted by Crippen LogP contribution is 2.15. The molecule has 6 nitrogen and oxygen atoms in total. The number of rotatable bonds is 6. The van der Waals surface area contributed by atoms with E-state index >= 15 is 0 Å². The van der Waals surface area contributed by atoms with Crippen LogP contribution in [-0.4, -0.2) is 28.1 Å². The predicted octanol–water partition coefficient (Wildman–Crippen LogP) is 3.26. The van der Waals surface area contributed by atoms with Gasteiger partial charge in [-0.05, 0) is 24.6 Å². The Bertz CT molecular complexity index is 954. The van der Waals surface area contributed by atoms with E-state index in [-0.39, 0.29) is 12.5 Å². The minimum atomic E-state index is -0.398. The van der Waals surface area contributed by atoms with Crippen molar-refractivity contribution in [3.63, 3.8) is 0 Å². The fourth-order valence-corrected chi connectivity index (χ4v) is 2.83. The molecule has 3 aromatic rings. The Hall–Kier alpha value is -3.12. The SMILES string of the molecule is Cc1cc(NC(=O)CNC(=O)c2ccccc2Cl)n(Cc2ccccc2)n1. The first-order valence-corrected chi connectivity index (χ1v) is 8.81. The summed E-state index contributed by atoms with van der Waals surface area (Å²) in [6, 6.07) is 18.3. The molecule has 0 aliphatic rings. The van der Waals surface area contributed by atoms with Crippen LogP contribution in [0.3, 0.4) is 0 Å². The summed E-state index contributed by atoms with van der Waals surface area (Å²) >= 11 is 5.99. The lowest BCUT2D eigenvalue weighted by atomic mass is 10.2. The van der Waals surface area contributed by atoms with Crippen LogP contribution in [0.25, 0.3) is 0 Å². The summed E-state index contributed by atoms with van der Waals surface area (Å²) in [5, 5.41) is 10.1. The average molecular weight is 383 g/mol. The zero-order valence-electron chi connectivity index (χ0n) is 14.8. The number of anilines is 1. The molecule has 0 atom stereocenters. The van der Waals surface area contributed by atoms with Crippen LogP contribution in [0.5, 0.6) is 0 Å². The number of carbonyl (C=O) groups excluding carboxylic acids is 2. The largest absolute Gasteiger partial charge is 0.343 e. The van der Waals surface area contributed by atoms with Gasteiger partial charge in [-0.25, -0.2) is 4.68 Å². The Labute approximate surface area is 162 Å². The van der Waals surface area contributed by atoms with Crippen molar-refractivity contribution in [3.8, 4) is 0 Å². The van der Waals surface area contributed by atoms with Crippen molar-refractivity contribution in [2.75, 3.05) is 11.9 Å². The van der Waals surface area contributed by atoms with Crippen LogP contribution >= 0.6 is 11.6 Å². The second-order valence-electron chi connectivity index (χ2n) is 6.02. The molecule has 2 aromatic carbocycles. The summed E-state index contributed by atoms with van der Waals surface area (Å²) in [5.41, 5.74) is 2.20. The number of hydrogen-bond acceptors (Lipinski definition) is 3. The van der Waals surface area contributed by atoms with Gasteiger partial charge in [-0.2, -0.15) is 5.10 Å². The molecule has 0 saturated heterocycles. The van der Waals surface area contributed by atoms with Gasteiger partial charge >= 0.3 is 0 Å². The molecule has 138 valence electrons. The fraction of sp³-hybridized carbons (Fsp3) is 0.150. The average Bonchev–Trinajstić information content (AvgIpc) is 2.99. The van der Waals surface area contributed by atoms with Crippen LogP contribution in [0.15, 0.2) is 60.7 Å². The van der Waals surface area contributed by atoms with Gasteiger partial charge in [0, 0.05) is 6.07 Å². The van der Waals surface area contributed by atoms with Crippen LogP contribution in [-0.2, 0) is 11.3 Å². The van der Waals surface area contributed by atoms with Crippen molar-refractivity contribution in [2.45, 2.75) is 13.5 Å². The Morgan fingerprint density at radius 2 is 1.78 bits per heavy atom. The van der Waals surface area contributed by atoms with Crippen molar-refractivity contribution in [1.29, 1.82) is 0 Å². The van der Waals surface area contributed by atoms with Gasteiger partial charge in [0.25, 0.3) is 5.91 Å². The van der Waals surface area contributed by atoms with Crippen molar-refractivity contribution in [1.82, 2.24) is 15.1 Å². The van der Waals surface area contributed by atoms with Gasteiger partial charge in [-0.15, -0.1) is 0 Å². The molecule has 0 unspecified atom stereocenters. The number of aromatic nitrogens is 2. The van der Waals surface area contributed by atoms with Crippen LogP contribution in [0.4, 0.5) is 5.82 Å². The maximum Gasteiger partial charge on any atom is 0.253 e. The van der Waals surface area contributed by atoms with E-state index < -0.39 is 5.91 Å². The summed E-state index contributed by atoms with van der Waals surface area (Å²) in [6.45, 7) is 2.23. The van der Waals surface area contributed by atoms with Crippen LogP contribution in [0.2, 0.25) is 5.02 Å². The number of nitrogens with one attached hydrogen (secondary N) is 2. The fourth-order valence-electron chi connectivity index (χ4n) is 2.61. The lowest BCUT2D eigenvalue weighted by Gasteiger charge is -2.10. The molecule has 0 bridgehead atoms. The topological polar surface area (TPSA) is 76.0 Å². The highest BCUT2D eigenvalue weighted by molar-refractivity contribution is 6.33. The Morgan fingerprint density at radius 3 is 2.52 bits per heavy atom. The molecule has 0 aliphatic heterocycles. The molecule has 0 radical (unpaired) electrons. The first-order chi connectivity index (χ1) is 13.0. The Morgan fingerprint density at radius 1 is 1.07 bits per heavy atom. The number of carbonyl (C=O) groups is 2. The maximum atomic E-state index is 12.2. The van der Waals surface area contributed by atoms with Crippen LogP contribution in [0.1, 0.15) is 21.6 Å². The molecule has 0 fully saturated rings. The quantitative estimate of drug-likeness (QED) is 0.687. The van der Waals surface area contributed by atoms with Gasteiger partial charge < -0.3 is 10.6 Å². The van der Waals surface area contributed by atoms with Gasteiger partial charge in [-0.1, -0.05) is 54.1 Å². The zero-order valence-corrected chi connectivity index (χ0v) is 15.5. The van der Waals surface area contributed by atoms with Crippen molar-refractivity contribution >= 4 is 29.2 Å². The summed E-state index contributed by atoms with van der Waals surface area (Å²) < 4.78 is 1.72. The van der Waals surface area contributed by atoms with E-state index in [0.29, 0.717) is 22.9 Å². The van der Waals surface area contributed by atoms with E-state index in [1.165, 1.54) is 0 Å². The lowest BCUT2D eigenvalue weighted by Crippen LogP contribution is -2.33. The van der Waals surface area contributed by atoms with E-state index in [4.69, 9.17) is 11.6 Å². The van der Waals surface area contributed by atoms with Gasteiger partial charge in [0.15, 0.2) is 0 Å². The summed E-state index contributed by atoms with van der Waals surface area (Å²) in [5.74, 6) is -0.164. The first-order valence-electron chi connectivity index (χ1n) is 8.44. The highest BCUT2D eigenvalue weighted by atomic mass is 35.5. The minimum Gasteiger partial charge on any atom is -0.343 e.